The lowest BCUT2D eigenvalue weighted by atomic mass is 10.00. The zero-order valence-corrected chi connectivity index (χ0v) is 11.5. The van der Waals surface area contributed by atoms with Crippen molar-refractivity contribution in [3.8, 4) is 5.75 Å². The van der Waals surface area contributed by atoms with Crippen molar-refractivity contribution in [3.05, 3.63) is 64.2 Å². The van der Waals surface area contributed by atoms with E-state index in [2.05, 4.69) is 0 Å². The molecule has 0 spiro atoms. The van der Waals surface area contributed by atoms with E-state index < -0.39 is 17.7 Å². The van der Waals surface area contributed by atoms with Crippen molar-refractivity contribution in [3.63, 3.8) is 0 Å². The molecule has 0 amide bonds. The molecule has 1 atom stereocenters. The number of hydrogen-bond acceptors (Lipinski definition) is 2. The molecule has 0 saturated carbocycles. The summed E-state index contributed by atoms with van der Waals surface area (Å²) in [6.45, 7) is 0. The summed E-state index contributed by atoms with van der Waals surface area (Å²) in [5, 5.41) is 10.5. The molecule has 5 heteroatoms. The molecule has 1 unspecified atom stereocenters. The molecule has 2 nitrogen and oxygen atoms in total. The summed E-state index contributed by atoms with van der Waals surface area (Å²) >= 11 is 6.03. The van der Waals surface area contributed by atoms with E-state index in [1.165, 1.54) is 7.11 Å². The fourth-order valence-corrected chi connectivity index (χ4v) is 2.32. The number of ether oxygens (including phenoxy) is 1. The summed E-state index contributed by atoms with van der Waals surface area (Å²) in [5.74, 6) is -0.724. The van der Waals surface area contributed by atoms with Gasteiger partial charge in [0.05, 0.1) is 18.2 Å². The zero-order chi connectivity index (χ0) is 14.7. The first-order valence-electron chi connectivity index (χ1n) is 5.97. The van der Waals surface area contributed by atoms with Crippen LogP contribution in [0.4, 0.5) is 8.78 Å². The lowest BCUT2D eigenvalue weighted by molar-refractivity contribution is 0.172. The maximum absolute atomic E-state index is 13.6. The second-order valence-electron chi connectivity index (χ2n) is 4.31. The monoisotopic (exact) mass is 298 g/mol. The predicted molar refractivity (Wildman–Crippen MR) is 73.0 cm³/mol. The van der Waals surface area contributed by atoms with Gasteiger partial charge in [0.1, 0.15) is 17.4 Å². The summed E-state index contributed by atoms with van der Waals surface area (Å²) in [4.78, 5) is 0. The Kier molecular flexibility index (Phi) is 4.57. The van der Waals surface area contributed by atoms with E-state index in [9.17, 15) is 13.9 Å². The average molecular weight is 299 g/mol. The molecule has 0 aliphatic rings. The SMILES string of the molecule is COc1cccc(Cl)c1C(O)Cc1cc(F)ccc1F. The molecular formula is C15H13ClF2O2. The van der Waals surface area contributed by atoms with Gasteiger partial charge in [-0.1, -0.05) is 17.7 Å². The number of hydrogen-bond donors (Lipinski definition) is 1. The normalized spacial score (nSPS) is 12.2. The number of aliphatic hydroxyl groups excluding tert-OH is 1. The molecule has 0 radical (unpaired) electrons. The van der Waals surface area contributed by atoms with Crippen LogP contribution in [0, 0.1) is 11.6 Å². The van der Waals surface area contributed by atoms with Crippen LogP contribution >= 0.6 is 11.6 Å². The van der Waals surface area contributed by atoms with Gasteiger partial charge in [-0.15, -0.1) is 0 Å². The summed E-state index contributed by atoms with van der Waals surface area (Å²) < 4.78 is 31.8. The Labute approximate surface area is 120 Å². The van der Waals surface area contributed by atoms with E-state index in [-0.39, 0.29) is 12.0 Å². The Morgan fingerprint density at radius 1 is 1.25 bits per heavy atom. The van der Waals surface area contributed by atoms with Gasteiger partial charge in [-0.25, -0.2) is 8.78 Å². The van der Waals surface area contributed by atoms with Gasteiger partial charge in [0.25, 0.3) is 0 Å². The molecule has 0 aliphatic carbocycles. The number of methoxy groups -OCH3 is 1. The van der Waals surface area contributed by atoms with Crippen LogP contribution in [0.2, 0.25) is 5.02 Å². The third-order valence-corrected chi connectivity index (χ3v) is 3.32. The highest BCUT2D eigenvalue weighted by atomic mass is 35.5. The van der Waals surface area contributed by atoms with Gasteiger partial charge >= 0.3 is 0 Å². The molecule has 1 N–H and O–H groups in total. The van der Waals surface area contributed by atoms with Gasteiger partial charge in [0.15, 0.2) is 0 Å². The fourth-order valence-electron chi connectivity index (χ4n) is 2.03. The molecule has 0 fully saturated rings. The average Bonchev–Trinajstić information content (AvgIpc) is 2.42. The van der Waals surface area contributed by atoms with Crippen molar-refractivity contribution in [1.29, 1.82) is 0 Å². The Bertz CT molecular complexity index is 617. The second-order valence-corrected chi connectivity index (χ2v) is 4.72. The molecule has 20 heavy (non-hydrogen) atoms. The molecule has 2 rings (SSSR count). The van der Waals surface area contributed by atoms with E-state index in [4.69, 9.17) is 16.3 Å². The molecule has 0 saturated heterocycles. The number of benzene rings is 2. The van der Waals surface area contributed by atoms with Crippen LogP contribution in [0.25, 0.3) is 0 Å². The largest absolute Gasteiger partial charge is 0.496 e. The molecule has 0 bridgehead atoms. The van der Waals surface area contributed by atoms with Gasteiger partial charge in [-0.3, -0.25) is 0 Å². The van der Waals surface area contributed by atoms with Crippen LogP contribution in [0.5, 0.6) is 5.75 Å². The van der Waals surface area contributed by atoms with Crippen molar-refractivity contribution in [2.24, 2.45) is 0 Å². The van der Waals surface area contributed by atoms with Crippen LogP contribution in [0.3, 0.4) is 0 Å². The van der Waals surface area contributed by atoms with Gasteiger partial charge in [0, 0.05) is 12.0 Å². The molecule has 2 aromatic rings. The summed E-state index contributed by atoms with van der Waals surface area (Å²) in [6, 6.07) is 8.04. The number of halogens is 3. The standard InChI is InChI=1S/C15H13ClF2O2/c1-20-14-4-2-3-11(16)15(14)13(19)8-9-7-10(17)5-6-12(9)18/h2-7,13,19H,8H2,1H3. The first kappa shape index (κ1) is 14.8. The Balaban J connectivity index is 2.33. The van der Waals surface area contributed by atoms with Crippen molar-refractivity contribution in [1.82, 2.24) is 0 Å². The van der Waals surface area contributed by atoms with E-state index in [1.54, 1.807) is 18.2 Å². The molecule has 0 heterocycles. The van der Waals surface area contributed by atoms with Gasteiger partial charge in [-0.2, -0.15) is 0 Å². The first-order chi connectivity index (χ1) is 9.52. The minimum atomic E-state index is -1.09. The third-order valence-electron chi connectivity index (χ3n) is 2.99. The van der Waals surface area contributed by atoms with E-state index >= 15 is 0 Å². The molecule has 2 aromatic carbocycles. The maximum Gasteiger partial charge on any atom is 0.126 e. The van der Waals surface area contributed by atoms with Crippen LogP contribution in [0.15, 0.2) is 36.4 Å². The molecule has 106 valence electrons. The van der Waals surface area contributed by atoms with Crippen LogP contribution in [0.1, 0.15) is 17.2 Å². The smallest absolute Gasteiger partial charge is 0.126 e. The zero-order valence-electron chi connectivity index (χ0n) is 10.7. The molecule has 0 aromatic heterocycles. The summed E-state index contributed by atoms with van der Waals surface area (Å²) in [5.41, 5.74) is 0.444. The van der Waals surface area contributed by atoms with Gasteiger partial charge in [0.2, 0.25) is 0 Å². The Morgan fingerprint density at radius 3 is 2.70 bits per heavy atom. The molecule has 0 aliphatic heterocycles. The quantitative estimate of drug-likeness (QED) is 0.927. The second kappa shape index (κ2) is 6.20. The maximum atomic E-state index is 13.6. The van der Waals surface area contributed by atoms with Crippen molar-refractivity contribution in [2.45, 2.75) is 12.5 Å². The highest BCUT2D eigenvalue weighted by Gasteiger charge is 2.19. The topological polar surface area (TPSA) is 29.5 Å². The Morgan fingerprint density at radius 2 is 2.00 bits per heavy atom. The van der Waals surface area contributed by atoms with E-state index in [1.807, 2.05) is 0 Å². The minimum absolute atomic E-state index is 0.0828. The lowest BCUT2D eigenvalue weighted by Crippen LogP contribution is -2.06. The first-order valence-corrected chi connectivity index (χ1v) is 6.35. The third kappa shape index (κ3) is 3.08. The number of aliphatic hydroxyl groups is 1. The lowest BCUT2D eigenvalue weighted by Gasteiger charge is -2.16. The van der Waals surface area contributed by atoms with Crippen LogP contribution < -0.4 is 4.74 Å². The summed E-state index contributed by atoms with van der Waals surface area (Å²) in [6.07, 6.45) is -1.18. The summed E-state index contributed by atoms with van der Waals surface area (Å²) in [7, 11) is 1.45. The molecular weight excluding hydrogens is 286 g/mol. The minimum Gasteiger partial charge on any atom is -0.496 e. The predicted octanol–water partition coefficient (Wildman–Crippen LogP) is 3.90. The van der Waals surface area contributed by atoms with Crippen molar-refractivity contribution < 1.29 is 18.6 Å². The van der Waals surface area contributed by atoms with Gasteiger partial charge in [-0.05, 0) is 35.9 Å². The highest BCUT2D eigenvalue weighted by Crippen LogP contribution is 2.34. The van der Waals surface area contributed by atoms with Crippen LogP contribution in [-0.4, -0.2) is 12.2 Å². The van der Waals surface area contributed by atoms with E-state index in [0.29, 0.717) is 16.3 Å². The number of rotatable bonds is 4. The van der Waals surface area contributed by atoms with E-state index in [0.717, 1.165) is 18.2 Å². The van der Waals surface area contributed by atoms with Gasteiger partial charge < -0.3 is 9.84 Å². The van der Waals surface area contributed by atoms with Crippen molar-refractivity contribution in [2.75, 3.05) is 7.11 Å². The highest BCUT2D eigenvalue weighted by molar-refractivity contribution is 6.31. The van der Waals surface area contributed by atoms with Crippen LogP contribution in [-0.2, 0) is 6.42 Å². The Hall–Kier alpha value is -1.65. The van der Waals surface area contributed by atoms with Crippen molar-refractivity contribution >= 4 is 11.6 Å². The fraction of sp³-hybridized carbons (Fsp3) is 0.200.